The number of allylic oxidation sites excluding steroid dienone is 2. The third-order valence-corrected chi connectivity index (χ3v) is 3.09. The van der Waals surface area contributed by atoms with Gasteiger partial charge in [-0.05, 0) is 33.2 Å². The summed E-state index contributed by atoms with van der Waals surface area (Å²) in [6, 6.07) is 0. The van der Waals surface area contributed by atoms with Gasteiger partial charge in [0, 0.05) is 5.57 Å². The van der Waals surface area contributed by atoms with Crippen LogP contribution in [0.25, 0.3) is 0 Å². The second-order valence-electron chi connectivity index (χ2n) is 4.76. The van der Waals surface area contributed by atoms with Gasteiger partial charge >= 0.3 is 7.12 Å². The van der Waals surface area contributed by atoms with Gasteiger partial charge in [0.25, 0.3) is 0 Å². The van der Waals surface area contributed by atoms with Crippen LogP contribution in [0.15, 0.2) is 24.2 Å². The van der Waals surface area contributed by atoms with Crippen LogP contribution in [0.5, 0.6) is 0 Å². The van der Waals surface area contributed by atoms with E-state index in [4.69, 9.17) is 9.31 Å². The zero-order valence-electron chi connectivity index (χ0n) is 9.79. The molecule has 3 nitrogen and oxygen atoms in total. The van der Waals surface area contributed by atoms with Crippen LogP contribution < -0.4 is 0 Å². The van der Waals surface area contributed by atoms with E-state index in [1.165, 1.54) is 0 Å². The largest absolute Gasteiger partial charge is 0.494 e. The summed E-state index contributed by atoms with van der Waals surface area (Å²) in [5.41, 5.74) is -0.0229. The van der Waals surface area contributed by atoms with Gasteiger partial charge in [-0.15, -0.1) is 0 Å². The maximum atomic E-state index is 10.6. The van der Waals surface area contributed by atoms with Crippen molar-refractivity contribution in [3.8, 4) is 0 Å². The average Bonchev–Trinajstić information content (AvgIpc) is 2.33. The number of carbonyl (C=O) groups excluding carboxylic acids is 1. The molecule has 1 heterocycles. The van der Waals surface area contributed by atoms with Crippen molar-refractivity contribution in [2.45, 2.75) is 38.9 Å². The lowest BCUT2D eigenvalue weighted by molar-refractivity contribution is -0.104. The molecule has 0 radical (unpaired) electrons. The lowest BCUT2D eigenvalue weighted by Crippen LogP contribution is -2.41. The normalized spacial score (nSPS) is 22.5. The van der Waals surface area contributed by atoms with E-state index < -0.39 is 18.3 Å². The van der Waals surface area contributed by atoms with E-state index in [0.717, 1.165) is 0 Å². The van der Waals surface area contributed by atoms with E-state index in [1.807, 2.05) is 27.7 Å². The molecule has 1 saturated heterocycles. The molecular weight excluding hydrogens is 191 g/mol. The average molecular weight is 208 g/mol. The summed E-state index contributed by atoms with van der Waals surface area (Å²) in [4.78, 5) is 10.6. The maximum Gasteiger partial charge on any atom is 0.494 e. The quantitative estimate of drug-likeness (QED) is 0.307. The standard InChI is InChI=1S/C11H17BO3/c1-8(7-13)9(2)12-14-10(3,4)11(5,6)15-12/h7H,1-2H2,3-6H3. The molecule has 0 saturated carbocycles. The molecule has 0 aromatic rings. The Kier molecular flexibility index (Phi) is 2.94. The summed E-state index contributed by atoms with van der Waals surface area (Å²) in [6.07, 6.45) is 0.660. The fraction of sp³-hybridized carbons (Fsp3) is 0.545. The Labute approximate surface area is 91.3 Å². The minimum absolute atomic E-state index is 0.313. The fourth-order valence-corrected chi connectivity index (χ4v) is 1.21. The molecule has 0 bridgehead atoms. The molecule has 1 fully saturated rings. The lowest BCUT2D eigenvalue weighted by Gasteiger charge is -2.32. The molecule has 0 atom stereocenters. The molecule has 1 rings (SSSR count). The monoisotopic (exact) mass is 208 g/mol. The first-order valence-corrected chi connectivity index (χ1v) is 4.90. The van der Waals surface area contributed by atoms with E-state index in [1.54, 1.807) is 0 Å². The SMILES string of the molecule is C=C(C=O)C(=C)B1OC(C)(C)C(C)(C)O1. The Morgan fingerprint density at radius 2 is 1.53 bits per heavy atom. The zero-order valence-corrected chi connectivity index (χ0v) is 9.79. The highest BCUT2D eigenvalue weighted by Crippen LogP contribution is 2.38. The summed E-state index contributed by atoms with van der Waals surface area (Å²) >= 11 is 0. The zero-order chi connectivity index (χ0) is 11.9. The van der Waals surface area contributed by atoms with E-state index in [9.17, 15) is 4.79 Å². The molecular formula is C11H17BO3. The Bertz CT molecular complexity index is 302. The Hall–Kier alpha value is -0.865. The molecule has 1 aliphatic heterocycles. The fourth-order valence-electron chi connectivity index (χ4n) is 1.21. The van der Waals surface area contributed by atoms with Crippen molar-refractivity contribution in [3.63, 3.8) is 0 Å². The van der Waals surface area contributed by atoms with Gasteiger partial charge in [-0.25, -0.2) is 0 Å². The molecule has 4 heteroatoms. The van der Waals surface area contributed by atoms with Crippen LogP contribution in [-0.2, 0) is 14.1 Å². The number of hydrogen-bond acceptors (Lipinski definition) is 3. The van der Waals surface area contributed by atoms with Gasteiger partial charge in [-0.1, -0.05) is 13.2 Å². The topological polar surface area (TPSA) is 35.5 Å². The van der Waals surface area contributed by atoms with Crippen LogP contribution in [-0.4, -0.2) is 24.6 Å². The molecule has 0 aliphatic carbocycles. The second-order valence-corrected chi connectivity index (χ2v) is 4.76. The van der Waals surface area contributed by atoms with Crippen LogP contribution in [0.2, 0.25) is 0 Å². The number of hydrogen-bond donors (Lipinski definition) is 0. The Morgan fingerprint density at radius 3 is 1.87 bits per heavy atom. The summed E-state index contributed by atoms with van der Waals surface area (Å²) in [5, 5.41) is 0. The van der Waals surface area contributed by atoms with Crippen molar-refractivity contribution in [3.05, 3.63) is 24.2 Å². The summed E-state index contributed by atoms with van der Waals surface area (Å²) < 4.78 is 11.4. The van der Waals surface area contributed by atoms with Crippen LogP contribution in [0.1, 0.15) is 27.7 Å². The first-order valence-electron chi connectivity index (χ1n) is 4.90. The molecule has 0 aromatic heterocycles. The van der Waals surface area contributed by atoms with E-state index in [-0.39, 0.29) is 0 Å². The third-order valence-electron chi connectivity index (χ3n) is 3.09. The van der Waals surface area contributed by atoms with Gasteiger partial charge in [0.15, 0.2) is 0 Å². The van der Waals surface area contributed by atoms with Crippen molar-refractivity contribution >= 4 is 13.4 Å². The molecule has 0 spiro atoms. The first kappa shape index (κ1) is 12.2. The molecule has 1 aliphatic rings. The van der Waals surface area contributed by atoms with Crippen molar-refractivity contribution in [2.75, 3.05) is 0 Å². The highest BCUT2D eigenvalue weighted by Gasteiger charge is 2.52. The van der Waals surface area contributed by atoms with Crippen LogP contribution in [0.4, 0.5) is 0 Å². The van der Waals surface area contributed by atoms with Crippen molar-refractivity contribution < 1.29 is 14.1 Å². The van der Waals surface area contributed by atoms with Crippen LogP contribution in [0.3, 0.4) is 0 Å². The molecule has 0 unspecified atom stereocenters. The summed E-state index contributed by atoms with van der Waals surface area (Å²) in [6.45, 7) is 15.1. The van der Waals surface area contributed by atoms with E-state index in [2.05, 4.69) is 13.2 Å². The highest BCUT2D eigenvalue weighted by molar-refractivity contribution is 6.56. The summed E-state index contributed by atoms with van der Waals surface area (Å²) in [5.74, 6) is 0. The molecule has 82 valence electrons. The van der Waals surface area contributed by atoms with Gasteiger partial charge in [-0.3, -0.25) is 4.79 Å². The molecule has 0 N–H and O–H groups in total. The Morgan fingerprint density at radius 1 is 1.13 bits per heavy atom. The van der Waals surface area contributed by atoms with E-state index >= 15 is 0 Å². The van der Waals surface area contributed by atoms with Crippen LogP contribution in [0, 0.1) is 0 Å². The van der Waals surface area contributed by atoms with Gasteiger partial charge in [0.05, 0.1) is 11.2 Å². The number of rotatable bonds is 3. The van der Waals surface area contributed by atoms with Crippen molar-refractivity contribution in [1.82, 2.24) is 0 Å². The van der Waals surface area contributed by atoms with Crippen molar-refractivity contribution in [1.29, 1.82) is 0 Å². The first-order chi connectivity index (χ1) is 6.71. The number of aldehydes is 1. The third kappa shape index (κ3) is 2.06. The van der Waals surface area contributed by atoms with Gasteiger partial charge in [-0.2, -0.15) is 0 Å². The molecule has 0 aromatic carbocycles. The predicted octanol–water partition coefficient (Wildman–Crippen LogP) is 1.93. The van der Waals surface area contributed by atoms with Gasteiger partial charge < -0.3 is 9.31 Å². The van der Waals surface area contributed by atoms with Crippen LogP contribution >= 0.6 is 0 Å². The number of carbonyl (C=O) groups is 1. The van der Waals surface area contributed by atoms with Gasteiger partial charge in [0.2, 0.25) is 0 Å². The van der Waals surface area contributed by atoms with Crippen molar-refractivity contribution in [2.24, 2.45) is 0 Å². The lowest BCUT2D eigenvalue weighted by atomic mass is 9.76. The van der Waals surface area contributed by atoms with Gasteiger partial charge in [0.1, 0.15) is 6.29 Å². The molecule has 0 amide bonds. The highest BCUT2D eigenvalue weighted by atomic mass is 16.7. The minimum Gasteiger partial charge on any atom is -0.399 e. The van der Waals surface area contributed by atoms with E-state index in [0.29, 0.717) is 17.3 Å². The second kappa shape index (κ2) is 3.61. The minimum atomic E-state index is -0.576. The Balaban J connectivity index is 2.84. The summed E-state index contributed by atoms with van der Waals surface area (Å²) in [7, 11) is -0.576. The molecule has 15 heavy (non-hydrogen) atoms. The predicted molar refractivity (Wildman–Crippen MR) is 60.4 cm³/mol. The maximum absolute atomic E-state index is 10.6. The smallest absolute Gasteiger partial charge is 0.399 e.